The van der Waals surface area contributed by atoms with Gasteiger partial charge in [0.2, 0.25) is 0 Å². The van der Waals surface area contributed by atoms with E-state index in [1.807, 2.05) is 6.08 Å². The molecule has 0 spiro atoms. The highest BCUT2D eigenvalue weighted by Crippen LogP contribution is 2.67. The highest BCUT2D eigenvalue weighted by molar-refractivity contribution is 8.00. The average Bonchev–Trinajstić information content (AvgIpc) is 2.92. The molecule has 0 saturated heterocycles. The Morgan fingerprint density at radius 1 is 1.20 bits per heavy atom. The summed E-state index contributed by atoms with van der Waals surface area (Å²) in [4.78, 5) is 11.8. The summed E-state index contributed by atoms with van der Waals surface area (Å²) in [5.74, 6) is 8.03. The predicted octanol–water partition coefficient (Wildman–Crippen LogP) is 5.64. The quantitative estimate of drug-likeness (QED) is 0.608. The van der Waals surface area contributed by atoms with Gasteiger partial charge in [-0.05, 0) is 92.3 Å². The second kappa shape index (κ2) is 6.49. The lowest BCUT2D eigenvalue weighted by atomic mass is 9.51. The van der Waals surface area contributed by atoms with Crippen LogP contribution in [0, 0.1) is 41.4 Å². The van der Waals surface area contributed by atoms with Crippen molar-refractivity contribution in [1.29, 1.82) is 0 Å². The van der Waals surface area contributed by atoms with E-state index in [0.717, 1.165) is 37.0 Å². The van der Waals surface area contributed by atoms with Crippen molar-refractivity contribution >= 4 is 17.5 Å². The van der Waals surface area contributed by atoms with Crippen molar-refractivity contribution in [1.82, 2.24) is 0 Å². The van der Waals surface area contributed by atoms with E-state index in [1.165, 1.54) is 49.9 Å². The third kappa shape index (κ3) is 2.56. The summed E-state index contributed by atoms with van der Waals surface area (Å²) in [7, 11) is 0. The molecule has 0 aliphatic heterocycles. The minimum absolute atomic E-state index is 0.0668. The molecular formula is C23H32OS. The molecule has 3 fully saturated rings. The lowest BCUT2D eigenvalue weighted by Crippen LogP contribution is -2.51. The van der Waals surface area contributed by atoms with E-state index in [-0.39, 0.29) is 4.75 Å². The van der Waals surface area contributed by atoms with Gasteiger partial charge in [-0.1, -0.05) is 25.3 Å². The average molecular weight is 357 g/mol. The lowest BCUT2D eigenvalue weighted by Gasteiger charge is -2.55. The molecule has 3 saturated carbocycles. The number of rotatable bonds is 3. The number of terminal acetylenes is 1. The standard InChI is InChI=1S/C23H32OS/c1-4-14-25-23(5-2)13-11-21-20-8-6-16-15-17(24)7-9-18(16)19(20)10-12-22(21,23)3/h2,15,18-21H,4,6-14H2,1,3H3/t18?,19?,20?,21?,22-,23?/m0/s1. The van der Waals surface area contributed by atoms with Crippen LogP contribution in [0.3, 0.4) is 0 Å². The van der Waals surface area contributed by atoms with Crippen LogP contribution in [0.15, 0.2) is 11.6 Å². The molecule has 6 atom stereocenters. The Labute approximate surface area is 157 Å². The Morgan fingerprint density at radius 3 is 2.80 bits per heavy atom. The molecule has 2 heteroatoms. The summed E-state index contributed by atoms with van der Waals surface area (Å²) >= 11 is 2.09. The van der Waals surface area contributed by atoms with Crippen LogP contribution in [-0.2, 0) is 4.79 Å². The number of ketones is 1. The molecule has 25 heavy (non-hydrogen) atoms. The van der Waals surface area contributed by atoms with Crippen LogP contribution in [0.4, 0.5) is 0 Å². The van der Waals surface area contributed by atoms with Crippen LogP contribution in [-0.4, -0.2) is 16.3 Å². The highest BCUT2D eigenvalue weighted by Gasteiger charge is 2.62. The van der Waals surface area contributed by atoms with Gasteiger partial charge >= 0.3 is 0 Å². The van der Waals surface area contributed by atoms with Gasteiger partial charge in [0.15, 0.2) is 5.78 Å². The first kappa shape index (κ1) is 17.7. The number of carbonyl (C=O) groups is 1. The molecule has 0 N–H and O–H groups in total. The zero-order valence-corrected chi connectivity index (χ0v) is 16.7. The summed E-state index contributed by atoms with van der Waals surface area (Å²) in [6.07, 6.45) is 18.9. The normalized spacial score (nSPS) is 45.8. The van der Waals surface area contributed by atoms with Crippen LogP contribution in [0.1, 0.15) is 71.6 Å². The molecule has 0 amide bonds. The van der Waals surface area contributed by atoms with Gasteiger partial charge in [-0.15, -0.1) is 18.2 Å². The fourth-order valence-corrected chi connectivity index (χ4v) is 8.45. The first-order chi connectivity index (χ1) is 12.0. The van der Waals surface area contributed by atoms with Gasteiger partial charge in [0.1, 0.15) is 0 Å². The highest BCUT2D eigenvalue weighted by atomic mass is 32.2. The van der Waals surface area contributed by atoms with Crippen molar-refractivity contribution in [3.63, 3.8) is 0 Å². The predicted molar refractivity (Wildman–Crippen MR) is 106 cm³/mol. The van der Waals surface area contributed by atoms with Crippen LogP contribution < -0.4 is 0 Å². The number of carbonyl (C=O) groups excluding carboxylic acids is 1. The van der Waals surface area contributed by atoms with Crippen molar-refractivity contribution in [3.8, 4) is 12.3 Å². The van der Waals surface area contributed by atoms with E-state index in [4.69, 9.17) is 6.42 Å². The lowest BCUT2D eigenvalue weighted by molar-refractivity contribution is -0.116. The van der Waals surface area contributed by atoms with Gasteiger partial charge in [0.05, 0.1) is 4.75 Å². The fraction of sp³-hybridized carbons (Fsp3) is 0.783. The Bertz CT molecular complexity index is 628. The zero-order chi connectivity index (χ0) is 17.7. The fourth-order valence-electron chi connectivity index (χ4n) is 6.97. The van der Waals surface area contributed by atoms with E-state index >= 15 is 0 Å². The van der Waals surface area contributed by atoms with Crippen molar-refractivity contribution in [3.05, 3.63) is 11.6 Å². The summed E-state index contributed by atoms with van der Waals surface area (Å²) in [6, 6.07) is 0. The van der Waals surface area contributed by atoms with Gasteiger partial charge in [0.25, 0.3) is 0 Å². The molecule has 0 aromatic rings. The number of fused-ring (bicyclic) bond motifs is 5. The topological polar surface area (TPSA) is 17.1 Å². The largest absolute Gasteiger partial charge is 0.295 e. The maximum atomic E-state index is 11.8. The summed E-state index contributed by atoms with van der Waals surface area (Å²) in [5.41, 5.74) is 1.80. The van der Waals surface area contributed by atoms with Crippen molar-refractivity contribution in [2.45, 2.75) is 76.4 Å². The molecule has 0 radical (unpaired) electrons. The Kier molecular flexibility index (Phi) is 4.60. The number of thioether (sulfide) groups is 1. The maximum absolute atomic E-state index is 11.8. The number of allylic oxidation sites excluding steroid dienone is 1. The van der Waals surface area contributed by atoms with Gasteiger partial charge in [-0.25, -0.2) is 0 Å². The molecule has 4 aliphatic rings. The first-order valence-electron chi connectivity index (χ1n) is 10.4. The van der Waals surface area contributed by atoms with Crippen LogP contribution in [0.2, 0.25) is 0 Å². The SMILES string of the molecule is C#CC1(SCCC)CCC2C3CCC4=CC(=O)CCC4C3CC[C@@]21C. The Morgan fingerprint density at radius 2 is 2.04 bits per heavy atom. The van der Waals surface area contributed by atoms with E-state index in [2.05, 4.69) is 31.5 Å². The van der Waals surface area contributed by atoms with Crippen molar-refractivity contribution in [2.24, 2.45) is 29.1 Å². The minimum atomic E-state index is 0.0668. The smallest absolute Gasteiger partial charge is 0.155 e. The third-order valence-corrected chi connectivity index (χ3v) is 10.1. The van der Waals surface area contributed by atoms with Gasteiger partial charge in [0, 0.05) is 6.42 Å². The molecule has 0 heterocycles. The van der Waals surface area contributed by atoms with Crippen molar-refractivity contribution in [2.75, 3.05) is 5.75 Å². The molecular weight excluding hydrogens is 324 g/mol. The van der Waals surface area contributed by atoms with Crippen molar-refractivity contribution < 1.29 is 4.79 Å². The van der Waals surface area contributed by atoms with Gasteiger partial charge in [-0.3, -0.25) is 4.79 Å². The minimum Gasteiger partial charge on any atom is -0.295 e. The maximum Gasteiger partial charge on any atom is 0.155 e. The van der Waals surface area contributed by atoms with Gasteiger partial charge < -0.3 is 0 Å². The van der Waals surface area contributed by atoms with Crippen LogP contribution in [0.5, 0.6) is 0 Å². The van der Waals surface area contributed by atoms with E-state index in [9.17, 15) is 4.79 Å². The van der Waals surface area contributed by atoms with E-state index in [0.29, 0.717) is 17.1 Å². The molecule has 1 nitrogen and oxygen atoms in total. The molecule has 4 rings (SSSR count). The van der Waals surface area contributed by atoms with Crippen LogP contribution in [0.25, 0.3) is 0 Å². The van der Waals surface area contributed by atoms with Crippen LogP contribution >= 0.6 is 11.8 Å². The zero-order valence-electron chi connectivity index (χ0n) is 15.9. The summed E-state index contributed by atoms with van der Waals surface area (Å²) in [6.45, 7) is 4.79. The molecule has 0 bridgehead atoms. The Balaban J connectivity index is 1.61. The van der Waals surface area contributed by atoms with Gasteiger partial charge in [-0.2, -0.15) is 0 Å². The summed E-state index contributed by atoms with van der Waals surface area (Å²) in [5, 5.41) is 0. The monoisotopic (exact) mass is 356 g/mol. The molecule has 136 valence electrons. The van der Waals surface area contributed by atoms with E-state index < -0.39 is 0 Å². The molecule has 4 aliphatic carbocycles. The number of hydrogen-bond acceptors (Lipinski definition) is 2. The second-order valence-electron chi connectivity index (χ2n) is 9.12. The molecule has 0 aromatic carbocycles. The molecule has 5 unspecified atom stereocenters. The molecule has 0 aromatic heterocycles. The number of hydrogen-bond donors (Lipinski definition) is 0. The first-order valence-corrected chi connectivity index (χ1v) is 11.4. The third-order valence-electron chi connectivity index (χ3n) is 8.21. The Hall–Kier alpha value is -0.680. The van der Waals surface area contributed by atoms with E-state index in [1.54, 1.807) is 0 Å². The summed E-state index contributed by atoms with van der Waals surface area (Å²) < 4.78 is 0.0668. The second-order valence-corrected chi connectivity index (χ2v) is 10.5.